The number of rotatable bonds is 7. The van der Waals surface area contributed by atoms with Crippen LogP contribution in [0, 0.1) is 0 Å². The Morgan fingerprint density at radius 2 is 1.68 bits per heavy atom. The molecule has 0 saturated carbocycles. The molecule has 1 amide bonds. The highest BCUT2D eigenvalue weighted by molar-refractivity contribution is 5.76. The molecule has 22 heavy (non-hydrogen) atoms. The Balaban J connectivity index is 1.85. The monoisotopic (exact) mass is 302 g/mol. The zero-order chi connectivity index (χ0) is 15.8. The van der Waals surface area contributed by atoms with E-state index in [0.717, 1.165) is 5.56 Å². The molecule has 0 aliphatic carbocycles. The topological polar surface area (TPSA) is 86.2 Å². The van der Waals surface area contributed by atoms with E-state index in [1.54, 1.807) is 0 Å². The first-order chi connectivity index (χ1) is 10.7. The average molecular weight is 302 g/mol. The third kappa shape index (κ3) is 4.69. The standard InChI is InChI=1S/C15H18N4O3/c1-21-14-17-12(18-15(19-14)22-2)10-16-13(20)9-8-11-6-4-3-5-7-11/h3-7H,8-10H2,1-2H3,(H,16,20). The van der Waals surface area contributed by atoms with Crippen molar-refractivity contribution < 1.29 is 14.3 Å². The van der Waals surface area contributed by atoms with Crippen LogP contribution < -0.4 is 14.8 Å². The van der Waals surface area contributed by atoms with Crippen molar-refractivity contribution in [1.29, 1.82) is 0 Å². The minimum absolute atomic E-state index is 0.0674. The normalized spacial score (nSPS) is 10.1. The molecule has 0 bridgehead atoms. The average Bonchev–Trinajstić information content (AvgIpc) is 2.58. The molecule has 1 aromatic heterocycles. The zero-order valence-corrected chi connectivity index (χ0v) is 12.6. The number of amides is 1. The van der Waals surface area contributed by atoms with Crippen molar-refractivity contribution in [2.45, 2.75) is 19.4 Å². The molecule has 0 aliphatic heterocycles. The number of carbonyl (C=O) groups is 1. The maximum absolute atomic E-state index is 11.9. The number of nitrogens with zero attached hydrogens (tertiary/aromatic N) is 3. The van der Waals surface area contributed by atoms with Gasteiger partial charge in [-0.3, -0.25) is 4.79 Å². The van der Waals surface area contributed by atoms with E-state index in [1.165, 1.54) is 14.2 Å². The van der Waals surface area contributed by atoms with Gasteiger partial charge in [0.25, 0.3) is 0 Å². The second-order valence-corrected chi connectivity index (χ2v) is 4.49. The van der Waals surface area contributed by atoms with Crippen molar-refractivity contribution in [2.75, 3.05) is 14.2 Å². The Hall–Kier alpha value is -2.70. The highest BCUT2D eigenvalue weighted by atomic mass is 16.5. The van der Waals surface area contributed by atoms with Crippen molar-refractivity contribution >= 4 is 5.91 Å². The molecule has 2 aromatic rings. The van der Waals surface area contributed by atoms with Gasteiger partial charge in [0, 0.05) is 6.42 Å². The summed E-state index contributed by atoms with van der Waals surface area (Å²) in [5.41, 5.74) is 1.13. The first kappa shape index (κ1) is 15.7. The Morgan fingerprint density at radius 1 is 1.05 bits per heavy atom. The van der Waals surface area contributed by atoms with E-state index in [0.29, 0.717) is 18.7 Å². The van der Waals surface area contributed by atoms with Crippen LogP contribution in [-0.2, 0) is 17.8 Å². The van der Waals surface area contributed by atoms with Crippen LogP contribution in [0.2, 0.25) is 0 Å². The summed E-state index contributed by atoms with van der Waals surface area (Å²) in [6, 6.07) is 10.2. The zero-order valence-electron chi connectivity index (χ0n) is 12.6. The number of aryl methyl sites for hydroxylation is 1. The van der Waals surface area contributed by atoms with E-state index in [9.17, 15) is 4.79 Å². The second-order valence-electron chi connectivity index (χ2n) is 4.49. The van der Waals surface area contributed by atoms with Crippen LogP contribution in [-0.4, -0.2) is 35.1 Å². The first-order valence-corrected chi connectivity index (χ1v) is 6.85. The lowest BCUT2D eigenvalue weighted by Gasteiger charge is -2.07. The predicted octanol–water partition coefficient (Wildman–Crippen LogP) is 1.14. The maximum Gasteiger partial charge on any atom is 0.322 e. The molecule has 1 heterocycles. The van der Waals surface area contributed by atoms with Gasteiger partial charge in [0.05, 0.1) is 20.8 Å². The van der Waals surface area contributed by atoms with Crippen LogP contribution in [0.4, 0.5) is 0 Å². The van der Waals surface area contributed by atoms with E-state index in [2.05, 4.69) is 20.3 Å². The molecule has 0 spiro atoms. The van der Waals surface area contributed by atoms with Crippen LogP contribution in [0.15, 0.2) is 30.3 Å². The molecule has 7 heteroatoms. The van der Waals surface area contributed by atoms with Gasteiger partial charge in [-0.2, -0.15) is 9.97 Å². The van der Waals surface area contributed by atoms with Crippen molar-refractivity contribution in [1.82, 2.24) is 20.3 Å². The van der Waals surface area contributed by atoms with Gasteiger partial charge in [-0.15, -0.1) is 4.98 Å². The van der Waals surface area contributed by atoms with Crippen LogP contribution >= 0.6 is 0 Å². The maximum atomic E-state index is 11.9. The lowest BCUT2D eigenvalue weighted by atomic mass is 10.1. The van der Waals surface area contributed by atoms with Crippen molar-refractivity contribution in [3.8, 4) is 12.0 Å². The van der Waals surface area contributed by atoms with Crippen LogP contribution in [0.3, 0.4) is 0 Å². The molecule has 1 aromatic carbocycles. The van der Waals surface area contributed by atoms with Crippen molar-refractivity contribution in [3.63, 3.8) is 0 Å². The highest BCUT2D eigenvalue weighted by Crippen LogP contribution is 2.08. The molecule has 0 fully saturated rings. The van der Waals surface area contributed by atoms with Gasteiger partial charge in [-0.25, -0.2) is 0 Å². The van der Waals surface area contributed by atoms with Gasteiger partial charge in [-0.1, -0.05) is 30.3 Å². The Bertz CT molecular complexity index is 597. The number of hydrogen-bond donors (Lipinski definition) is 1. The molecule has 0 aliphatic rings. The fourth-order valence-corrected chi connectivity index (χ4v) is 1.81. The van der Waals surface area contributed by atoms with Gasteiger partial charge in [-0.05, 0) is 12.0 Å². The number of carbonyl (C=O) groups excluding carboxylic acids is 1. The van der Waals surface area contributed by atoms with E-state index >= 15 is 0 Å². The summed E-state index contributed by atoms with van der Waals surface area (Å²) in [5.74, 6) is 0.318. The molecule has 0 saturated heterocycles. The van der Waals surface area contributed by atoms with E-state index in [4.69, 9.17) is 9.47 Å². The van der Waals surface area contributed by atoms with Gasteiger partial charge < -0.3 is 14.8 Å². The largest absolute Gasteiger partial charge is 0.467 e. The number of nitrogens with one attached hydrogen (secondary N) is 1. The third-order valence-electron chi connectivity index (χ3n) is 2.93. The van der Waals surface area contributed by atoms with E-state index in [-0.39, 0.29) is 24.5 Å². The Morgan fingerprint density at radius 3 is 2.27 bits per heavy atom. The van der Waals surface area contributed by atoms with Crippen LogP contribution in [0.25, 0.3) is 0 Å². The summed E-state index contributed by atoms with van der Waals surface area (Å²) in [4.78, 5) is 23.8. The van der Waals surface area contributed by atoms with Crippen molar-refractivity contribution in [2.24, 2.45) is 0 Å². The summed E-state index contributed by atoms with van der Waals surface area (Å²) in [6.45, 7) is 0.197. The predicted molar refractivity (Wildman–Crippen MR) is 79.5 cm³/mol. The molecule has 7 nitrogen and oxygen atoms in total. The van der Waals surface area contributed by atoms with Gasteiger partial charge in [0.2, 0.25) is 5.91 Å². The molecule has 0 unspecified atom stereocenters. The quantitative estimate of drug-likeness (QED) is 0.825. The highest BCUT2D eigenvalue weighted by Gasteiger charge is 2.08. The lowest BCUT2D eigenvalue weighted by Crippen LogP contribution is -2.24. The minimum Gasteiger partial charge on any atom is -0.467 e. The molecule has 0 atom stereocenters. The molecule has 2 rings (SSSR count). The summed E-state index contributed by atoms with van der Waals surface area (Å²) in [5, 5.41) is 2.77. The first-order valence-electron chi connectivity index (χ1n) is 6.85. The van der Waals surface area contributed by atoms with Crippen LogP contribution in [0.5, 0.6) is 12.0 Å². The molecule has 116 valence electrons. The fraction of sp³-hybridized carbons (Fsp3) is 0.333. The fourth-order valence-electron chi connectivity index (χ4n) is 1.81. The molecular weight excluding hydrogens is 284 g/mol. The van der Waals surface area contributed by atoms with Crippen LogP contribution in [0.1, 0.15) is 17.8 Å². The Kier molecular flexibility index (Phi) is 5.65. The van der Waals surface area contributed by atoms with E-state index < -0.39 is 0 Å². The number of hydrogen-bond acceptors (Lipinski definition) is 6. The number of aromatic nitrogens is 3. The van der Waals surface area contributed by atoms with Gasteiger partial charge in [0.1, 0.15) is 0 Å². The minimum atomic E-state index is -0.0674. The smallest absolute Gasteiger partial charge is 0.322 e. The second kappa shape index (κ2) is 7.92. The third-order valence-corrected chi connectivity index (χ3v) is 2.93. The SMILES string of the molecule is COc1nc(CNC(=O)CCc2ccccc2)nc(OC)n1. The number of benzene rings is 1. The van der Waals surface area contributed by atoms with E-state index in [1.807, 2.05) is 30.3 Å². The van der Waals surface area contributed by atoms with Gasteiger partial charge in [0.15, 0.2) is 5.82 Å². The summed E-state index contributed by atoms with van der Waals surface area (Å²) >= 11 is 0. The van der Waals surface area contributed by atoms with Gasteiger partial charge >= 0.3 is 12.0 Å². The number of ether oxygens (including phenoxy) is 2. The summed E-state index contributed by atoms with van der Waals surface area (Å²) < 4.78 is 9.91. The molecule has 0 radical (unpaired) electrons. The number of methoxy groups -OCH3 is 2. The summed E-state index contributed by atoms with van der Waals surface area (Å²) in [7, 11) is 2.91. The lowest BCUT2D eigenvalue weighted by molar-refractivity contribution is -0.121. The molecule has 1 N–H and O–H groups in total. The van der Waals surface area contributed by atoms with Crippen molar-refractivity contribution in [3.05, 3.63) is 41.7 Å². The molecular formula is C15H18N4O3. The summed E-state index contributed by atoms with van der Waals surface area (Å²) in [6.07, 6.45) is 1.10. The Labute approximate surface area is 128 Å².